The van der Waals surface area contributed by atoms with Crippen molar-refractivity contribution in [3.63, 3.8) is 0 Å². The number of rotatable bonds is 5. The molecule has 1 heterocycles. The van der Waals surface area contributed by atoms with Crippen LogP contribution in [0.4, 0.5) is 26.0 Å². The summed E-state index contributed by atoms with van der Waals surface area (Å²) in [5.41, 5.74) is 2.74. The minimum absolute atomic E-state index is 0.0130. The van der Waals surface area contributed by atoms with Crippen LogP contribution in [0.25, 0.3) is 0 Å². The van der Waals surface area contributed by atoms with Crippen molar-refractivity contribution in [3.8, 4) is 5.75 Å². The molecular weight excluding hydrogens is 296 g/mol. The van der Waals surface area contributed by atoms with Gasteiger partial charge in [0, 0.05) is 19.2 Å². The third-order valence-electron chi connectivity index (χ3n) is 2.74. The number of nitrogens with one attached hydrogen (secondary N) is 1. The summed E-state index contributed by atoms with van der Waals surface area (Å²) in [6.07, 6.45) is 1.41. The van der Waals surface area contributed by atoms with Crippen molar-refractivity contribution in [2.75, 3.05) is 10.4 Å². The van der Waals surface area contributed by atoms with Crippen molar-refractivity contribution in [3.05, 3.63) is 42.6 Å². The first-order valence-corrected chi connectivity index (χ1v) is 6.23. The first kappa shape index (κ1) is 15.6. The van der Waals surface area contributed by atoms with Crippen LogP contribution in [0.15, 0.2) is 42.6 Å². The molecule has 2 N–H and O–H groups in total. The van der Waals surface area contributed by atoms with Crippen molar-refractivity contribution in [1.82, 2.24) is 4.98 Å². The summed E-state index contributed by atoms with van der Waals surface area (Å²) < 4.78 is 28.5. The summed E-state index contributed by atoms with van der Waals surface area (Å²) in [6, 6.07) is 8.54. The molecule has 0 saturated heterocycles. The molecule has 0 fully saturated rings. The number of nitrogens with zero attached hydrogens (tertiary/aromatic N) is 2. The Morgan fingerprint density at radius 2 is 2.00 bits per heavy atom. The van der Waals surface area contributed by atoms with Gasteiger partial charge in [0.2, 0.25) is 5.91 Å². The SMILES string of the molecule is CC(=O)N(c1ccc(OC(F)F)cc1)c1cc(NO)ccn1. The zero-order valence-corrected chi connectivity index (χ0v) is 11.5. The molecule has 1 aromatic heterocycles. The van der Waals surface area contributed by atoms with Crippen LogP contribution in [0.5, 0.6) is 5.75 Å². The number of hydrogen-bond acceptors (Lipinski definition) is 5. The first-order valence-electron chi connectivity index (χ1n) is 6.23. The highest BCUT2D eigenvalue weighted by Crippen LogP contribution is 2.27. The molecule has 0 aliphatic rings. The highest BCUT2D eigenvalue weighted by atomic mass is 19.3. The van der Waals surface area contributed by atoms with E-state index in [1.54, 1.807) is 0 Å². The van der Waals surface area contributed by atoms with Gasteiger partial charge in [-0.05, 0) is 30.3 Å². The van der Waals surface area contributed by atoms with Crippen molar-refractivity contribution in [2.45, 2.75) is 13.5 Å². The van der Waals surface area contributed by atoms with E-state index in [0.29, 0.717) is 11.4 Å². The Bertz CT molecular complexity index is 650. The van der Waals surface area contributed by atoms with Crippen LogP contribution in [0.3, 0.4) is 0 Å². The number of hydrogen-bond donors (Lipinski definition) is 2. The van der Waals surface area contributed by atoms with Crippen LogP contribution < -0.4 is 15.1 Å². The molecule has 0 unspecified atom stereocenters. The van der Waals surface area contributed by atoms with Crippen LogP contribution in [-0.2, 0) is 4.79 Å². The number of carbonyl (C=O) groups excluding carboxylic acids is 1. The number of alkyl halides is 2. The van der Waals surface area contributed by atoms with E-state index in [1.807, 2.05) is 5.48 Å². The van der Waals surface area contributed by atoms with Crippen molar-refractivity contribution in [1.29, 1.82) is 0 Å². The van der Waals surface area contributed by atoms with Crippen LogP contribution in [-0.4, -0.2) is 22.7 Å². The summed E-state index contributed by atoms with van der Waals surface area (Å²) in [5.74, 6) is -0.0693. The first-order chi connectivity index (χ1) is 10.5. The number of pyridine rings is 1. The fourth-order valence-corrected chi connectivity index (χ4v) is 1.86. The number of halogens is 2. The predicted octanol–water partition coefficient (Wildman–Crippen LogP) is 3.17. The molecule has 6 nitrogen and oxygen atoms in total. The fourth-order valence-electron chi connectivity index (χ4n) is 1.86. The van der Waals surface area contributed by atoms with Crippen LogP contribution >= 0.6 is 0 Å². The minimum atomic E-state index is -2.91. The van der Waals surface area contributed by atoms with E-state index < -0.39 is 6.61 Å². The molecule has 0 saturated carbocycles. The van der Waals surface area contributed by atoms with Gasteiger partial charge in [0.05, 0.1) is 11.4 Å². The van der Waals surface area contributed by atoms with E-state index in [0.717, 1.165) is 0 Å². The van der Waals surface area contributed by atoms with E-state index >= 15 is 0 Å². The minimum Gasteiger partial charge on any atom is -0.435 e. The van der Waals surface area contributed by atoms with Gasteiger partial charge in [0.1, 0.15) is 11.6 Å². The van der Waals surface area contributed by atoms with Gasteiger partial charge in [-0.25, -0.2) is 4.98 Å². The summed E-state index contributed by atoms with van der Waals surface area (Å²) in [7, 11) is 0. The van der Waals surface area contributed by atoms with Gasteiger partial charge in [0.25, 0.3) is 0 Å². The quantitative estimate of drug-likeness (QED) is 0.830. The van der Waals surface area contributed by atoms with E-state index in [1.165, 1.54) is 54.4 Å². The smallest absolute Gasteiger partial charge is 0.387 e. The van der Waals surface area contributed by atoms with Crippen molar-refractivity contribution < 1.29 is 23.5 Å². The summed E-state index contributed by atoms with van der Waals surface area (Å²) >= 11 is 0. The molecule has 0 spiro atoms. The molecule has 1 aromatic carbocycles. The Morgan fingerprint density at radius 3 is 2.55 bits per heavy atom. The Kier molecular flexibility index (Phi) is 4.84. The largest absolute Gasteiger partial charge is 0.435 e. The second kappa shape index (κ2) is 6.81. The molecule has 22 heavy (non-hydrogen) atoms. The lowest BCUT2D eigenvalue weighted by atomic mass is 10.2. The summed E-state index contributed by atoms with van der Waals surface area (Å²) in [4.78, 5) is 17.2. The molecule has 0 bridgehead atoms. The number of ether oxygens (including phenoxy) is 1. The molecule has 2 aromatic rings. The standard InChI is InChI=1S/C14H13F2N3O3/c1-9(20)19(13-8-10(18-21)6-7-17-13)11-2-4-12(5-3-11)22-14(15)16/h2-8,14,21H,1H3,(H,17,18). The highest BCUT2D eigenvalue weighted by molar-refractivity contribution is 5.98. The second-order valence-corrected chi connectivity index (χ2v) is 4.24. The zero-order chi connectivity index (χ0) is 16.1. The molecule has 2 rings (SSSR count). The van der Waals surface area contributed by atoms with Gasteiger partial charge in [-0.3, -0.25) is 20.4 Å². The van der Waals surface area contributed by atoms with Gasteiger partial charge >= 0.3 is 6.61 Å². The monoisotopic (exact) mass is 309 g/mol. The Hall–Kier alpha value is -2.74. The van der Waals surface area contributed by atoms with Crippen LogP contribution in [0.1, 0.15) is 6.92 Å². The molecule has 0 aliphatic carbocycles. The lowest BCUT2D eigenvalue weighted by molar-refractivity contribution is -0.115. The zero-order valence-electron chi connectivity index (χ0n) is 11.5. The fraction of sp³-hybridized carbons (Fsp3) is 0.143. The van der Waals surface area contributed by atoms with Crippen molar-refractivity contribution in [2.24, 2.45) is 0 Å². The summed E-state index contributed by atoms with van der Waals surface area (Å²) in [5, 5.41) is 8.90. The number of aromatic nitrogens is 1. The molecule has 8 heteroatoms. The second-order valence-electron chi connectivity index (χ2n) is 4.24. The van der Waals surface area contributed by atoms with E-state index in [4.69, 9.17) is 5.21 Å². The Labute approximate surface area is 124 Å². The third kappa shape index (κ3) is 3.67. The maximum atomic E-state index is 12.1. The maximum Gasteiger partial charge on any atom is 0.387 e. The van der Waals surface area contributed by atoms with Gasteiger partial charge < -0.3 is 4.74 Å². The predicted molar refractivity (Wildman–Crippen MR) is 75.5 cm³/mol. The van der Waals surface area contributed by atoms with E-state index in [-0.39, 0.29) is 17.5 Å². The van der Waals surface area contributed by atoms with Crippen LogP contribution in [0, 0.1) is 0 Å². The number of benzene rings is 1. The summed E-state index contributed by atoms with van der Waals surface area (Å²) in [6.45, 7) is -1.58. The number of anilines is 3. The van der Waals surface area contributed by atoms with Crippen LogP contribution in [0.2, 0.25) is 0 Å². The Balaban J connectivity index is 2.33. The normalized spacial score (nSPS) is 10.4. The Morgan fingerprint density at radius 1 is 1.32 bits per heavy atom. The number of amides is 1. The average Bonchev–Trinajstić information content (AvgIpc) is 2.48. The molecule has 0 atom stereocenters. The topological polar surface area (TPSA) is 74.7 Å². The lowest BCUT2D eigenvalue weighted by Gasteiger charge is -2.21. The average molecular weight is 309 g/mol. The molecular formula is C14H13F2N3O3. The van der Waals surface area contributed by atoms with Crippen molar-refractivity contribution >= 4 is 23.1 Å². The van der Waals surface area contributed by atoms with Gasteiger partial charge in [-0.2, -0.15) is 8.78 Å². The third-order valence-corrected chi connectivity index (χ3v) is 2.74. The maximum absolute atomic E-state index is 12.1. The molecule has 0 radical (unpaired) electrons. The highest BCUT2D eigenvalue weighted by Gasteiger charge is 2.16. The van der Waals surface area contributed by atoms with E-state index in [9.17, 15) is 13.6 Å². The van der Waals surface area contributed by atoms with E-state index in [2.05, 4.69) is 9.72 Å². The van der Waals surface area contributed by atoms with Gasteiger partial charge in [-0.1, -0.05) is 0 Å². The molecule has 0 aliphatic heterocycles. The molecule has 1 amide bonds. The lowest BCUT2D eigenvalue weighted by Crippen LogP contribution is -2.23. The number of carbonyl (C=O) groups is 1. The molecule has 116 valence electrons. The van der Waals surface area contributed by atoms with Gasteiger partial charge in [-0.15, -0.1) is 0 Å². The van der Waals surface area contributed by atoms with Gasteiger partial charge in [0.15, 0.2) is 0 Å².